The number of benzene rings is 1. The molecule has 1 aromatic carbocycles. The van der Waals surface area contributed by atoms with Crippen LogP contribution in [0.15, 0.2) is 18.2 Å². The lowest BCUT2D eigenvalue weighted by molar-refractivity contribution is 0.397. The molecule has 6 heteroatoms. The molecule has 0 aliphatic rings. The topological polar surface area (TPSA) is 37.4 Å². The maximum atomic E-state index is 6.02. The van der Waals surface area contributed by atoms with Crippen LogP contribution in [0.3, 0.4) is 0 Å². The zero-order valence-corrected chi connectivity index (χ0v) is 13.6. The van der Waals surface area contributed by atoms with Crippen LogP contribution in [0.2, 0.25) is 5.02 Å². The van der Waals surface area contributed by atoms with E-state index >= 15 is 0 Å². The molecule has 1 aromatic heterocycles. The van der Waals surface area contributed by atoms with E-state index in [2.05, 4.69) is 10.3 Å². The molecule has 2 aromatic rings. The molecule has 0 saturated heterocycles. The Bertz CT molecular complexity index is 598. The smallest absolute Gasteiger partial charge is 0.231 e. The zero-order chi connectivity index (χ0) is 14.7. The fraction of sp³-hybridized carbons (Fsp3) is 0.357. The van der Waals surface area contributed by atoms with Gasteiger partial charge in [-0.25, -0.2) is 0 Å². The van der Waals surface area contributed by atoms with Crippen LogP contribution in [0.1, 0.15) is 10.4 Å². The summed E-state index contributed by atoms with van der Waals surface area (Å²) in [6.45, 7) is 2.71. The monoisotopic (exact) mass is 311 g/mol. The van der Waals surface area contributed by atoms with Crippen LogP contribution < -0.4 is 15.0 Å². The van der Waals surface area contributed by atoms with Crippen molar-refractivity contribution in [1.82, 2.24) is 4.98 Å². The number of hydrogen-bond acceptors (Lipinski definition) is 5. The summed E-state index contributed by atoms with van der Waals surface area (Å²) < 4.78 is 5.33. The number of nitrogens with zero attached hydrogens (tertiary/aromatic N) is 2. The predicted octanol–water partition coefficient (Wildman–Crippen LogP) is 3.79. The van der Waals surface area contributed by atoms with Crippen molar-refractivity contribution in [2.24, 2.45) is 0 Å². The quantitative estimate of drug-likeness (QED) is 0.911. The van der Waals surface area contributed by atoms with Crippen molar-refractivity contribution < 1.29 is 4.74 Å². The van der Waals surface area contributed by atoms with Crippen molar-refractivity contribution in [3.05, 3.63) is 33.7 Å². The molecule has 0 aliphatic heterocycles. The summed E-state index contributed by atoms with van der Waals surface area (Å²) >= 11 is 7.64. The van der Waals surface area contributed by atoms with E-state index in [1.807, 2.05) is 44.1 Å². The summed E-state index contributed by atoms with van der Waals surface area (Å²) in [5.41, 5.74) is 2.19. The molecule has 2 rings (SSSR count). The largest absolute Gasteiger partial charge is 0.480 e. The number of aryl methyl sites for hydroxylation is 1. The average Bonchev–Trinajstić information content (AvgIpc) is 2.83. The Morgan fingerprint density at radius 1 is 1.40 bits per heavy atom. The average molecular weight is 312 g/mol. The number of rotatable bonds is 5. The first-order valence-electron chi connectivity index (χ1n) is 6.22. The molecule has 0 amide bonds. The lowest BCUT2D eigenvalue weighted by Gasteiger charge is -2.09. The van der Waals surface area contributed by atoms with Gasteiger partial charge in [-0.15, -0.1) is 0 Å². The highest BCUT2D eigenvalue weighted by Gasteiger charge is 2.13. The van der Waals surface area contributed by atoms with Crippen LogP contribution in [0, 0.1) is 6.92 Å². The van der Waals surface area contributed by atoms with Gasteiger partial charge in [-0.1, -0.05) is 29.0 Å². The maximum absolute atomic E-state index is 6.02. The van der Waals surface area contributed by atoms with Gasteiger partial charge in [-0.3, -0.25) is 0 Å². The van der Waals surface area contributed by atoms with Gasteiger partial charge in [0.1, 0.15) is 0 Å². The minimum atomic E-state index is 0.663. The number of nitrogens with one attached hydrogen (secondary N) is 1. The van der Waals surface area contributed by atoms with Gasteiger partial charge in [-0.05, 0) is 24.6 Å². The van der Waals surface area contributed by atoms with Crippen LogP contribution >= 0.6 is 22.9 Å². The molecule has 0 radical (unpaired) electrons. The molecule has 0 saturated carbocycles. The third kappa shape index (κ3) is 3.35. The highest BCUT2D eigenvalue weighted by atomic mass is 35.5. The van der Waals surface area contributed by atoms with E-state index in [4.69, 9.17) is 16.3 Å². The second-order valence-electron chi connectivity index (χ2n) is 4.64. The number of halogens is 1. The molecule has 0 aliphatic carbocycles. The maximum Gasteiger partial charge on any atom is 0.231 e. The van der Waals surface area contributed by atoms with Crippen LogP contribution in [-0.4, -0.2) is 26.2 Å². The van der Waals surface area contributed by atoms with Gasteiger partial charge < -0.3 is 15.0 Å². The minimum absolute atomic E-state index is 0.663. The molecule has 1 N–H and O–H groups in total. The van der Waals surface area contributed by atoms with Gasteiger partial charge in [0.25, 0.3) is 0 Å². The van der Waals surface area contributed by atoms with Gasteiger partial charge in [0, 0.05) is 24.8 Å². The van der Waals surface area contributed by atoms with Crippen molar-refractivity contribution in [2.75, 3.05) is 31.4 Å². The van der Waals surface area contributed by atoms with Gasteiger partial charge in [-0.2, -0.15) is 4.98 Å². The van der Waals surface area contributed by atoms with Gasteiger partial charge >= 0.3 is 0 Å². The molecule has 20 heavy (non-hydrogen) atoms. The van der Waals surface area contributed by atoms with E-state index in [1.54, 1.807) is 18.4 Å². The van der Waals surface area contributed by atoms with E-state index in [1.165, 1.54) is 0 Å². The first-order chi connectivity index (χ1) is 9.51. The third-order valence-electron chi connectivity index (χ3n) is 2.87. The number of thiazole rings is 1. The Morgan fingerprint density at radius 2 is 2.15 bits per heavy atom. The number of anilines is 2. The van der Waals surface area contributed by atoms with E-state index < -0.39 is 0 Å². The second-order valence-corrected chi connectivity index (χ2v) is 6.13. The number of methoxy groups -OCH3 is 1. The van der Waals surface area contributed by atoms with Crippen molar-refractivity contribution in [2.45, 2.75) is 13.5 Å². The Labute approximate surface area is 128 Å². The first kappa shape index (κ1) is 14.9. The molecule has 0 unspecified atom stereocenters. The predicted molar refractivity (Wildman–Crippen MR) is 86.5 cm³/mol. The Balaban J connectivity index is 2.16. The fourth-order valence-corrected chi connectivity index (χ4v) is 2.81. The van der Waals surface area contributed by atoms with Gasteiger partial charge in [0.05, 0.1) is 18.5 Å². The molecule has 108 valence electrons. The first-order valence-corrected chi connectivity index (χ1v) is 7.41. The number of hydrogen-bond donors (Lipinski definition) is 1. The van der Waals surface area contributed by atoms with Crippen molar-refractivity contribution >= 4 is 33.8 Å². The highest BCUT2D eigenvalue weighted by molar-refractivity contribution is 7.15. The van der Waals surface area contributed by atoms with Crippen molar-refractivity contribution in [3.63, 3.8) is 0 Å². The standard InChI is InChI=1S/C14H18ClN3OS/c1-9-5-6-10(15)7-11(9)16-8-12-13(19-4)17-14(20-12)18(2)3/h5-7,16H,8H2,1-4H3. The molecule has 0 spiro atoms. The Morgan fingerprint density at radius 3 is 2.80 bits per heavy atom. The number of ether oxygens (including phenoxy) is 1. The normalized spacial score (nSPS) is 10.4. The summed E-state index contributed by atoms with van der Waals surface area (Å²) in [5.74, 6) is 0.672. The highest BCUT2D eigenvalue weighted by Crippen LogP contribution is 2.31. The van der Waals surface area contributed by atoms with Crippen LogP contribution in [0.25, 0.3) is 0 Å². The summed E-state index contributed by atoms with van der Waals surface area (Å²) in [7, 11) is 5.58. The summed E-state index contributed by atoms with van der Waals surface area (Å²) in [6.07, 6.45) is 0. The SMILES string of the molecule is COc1nc(N(C)C)sc1CNc1cc(Cl)ccc1C. The molecule has 1 heterocycles. The van der Waals surface area contributed by atoms with E-state index in [0.29, 0.717) is 12.4 Å². The van der Waals surface area contributed by atoms with Crippen molar-refractivity contribution in [3.8, 4) is 5.88 Å². The molecular weight excluding hydrogens is 294 g/mol. The van der Waals surface area contributed by atoms with E-state index in [-0.39, 0.29) is 0 Å². The third-order valence-corrected chi connectivity index (χ3v) is 4.30. The van der Waals surface area contributed by atoms with Crippen LogP contribution in [0.5, 0.6) is 5.88 Å². The van der Waals surface area contributed by atoms with Gasteiger partial charge in [0.2, 0.25) is 5.88 Å². The second kappa shape index (κ2) is 6.33. The molecular formula is C14H18ClN3OS. The Hall–Kier alpha value is -1.46. The molecule has 0 fully saturated rings. The zero-order valence-electron chi connectivity index (χ0n) is 12.0. The summed E-state index contributed by atoms with van der Waals surface area (Å²) in [5, 5.41) is 5.04. The number of aromatic nitrogens is 1. The van der Waals surface area contributed by atoms with Gasteiger partial charge in [0.15, 0.2) is 5.13 Å². The molecule has 0 atom stereocenters. The van der Waals surface area contributed by atoms with Crippen molar-refractivity contribution in [1.29, 1.82) is 0 Å². The van der Waals surface area contributed by atoms with Crippen LogP contribution in [0.4, 0.5) is 10.8 Å². The summed E-state index contributed by atoms with van der Waals surface area (Å²) in [4.78, 5) is 7.48. The molecule has 0 bridgehead atoms. The fourth-order valence-electron chi connectivity index (χ4n) is 1.75. The molecule has 4 nitrogen and oxygen atoms in total. The van der Waals surface area contributed by atoms with Crippen LogP contribution in [-0.2, 0) is 6.54 Å². The minimum Gasteiger partial charge on any atom is -0.480 e. The Kier molecular flexibility index (Phi) is 4.73. The summed E-state index contributed by atoms with van der Waals surface area (Å²) in [6, 6.07) is 5.82. The lowest BCUT2D eigenvalue weighted by Crippen LogP contribution is -2.07. The van der Waals surface area contributed by atoms with E-state index in [9.17, 15) is 0 Å². The lowest BCUT2D eigenvalue weighted by atomic mass is 10.2. The van der Waals surface area contributed by atoms with E-state index in [0.717, 1.165) is 26.3 Å².